The number of hydrogen-bond acceptors (Lipinski definition) is 2. The van der Waals surface area contributed by atoms with Crippen LogP contribution in [0.4, 0.5) is 0 Å². The Kier molecular flexibility index (Phi) is 4.91. The average molecular weight is 294 g/mol. The largest absolute Gasteiger partial charge is 0.284 e. The van der Waals surface area contributed by atoms with Crippen LogP contribution in [-0.4, -0.2) is 29.6 Å². The average Bonchev–Trinajstić information content (AvgIpc) is 2.62. The van der Waals surface area contributed by atoms with E-state index in [2.05, 4.69) is 84.3 Å². The molecule has 0 saturated carbocycles. The van der Waals surface area contributed by atoms with Gasteiger partial charge in [-0.2, -0.15) is 0 Å². The molecule has 1 aliphatic heterocycles. The van der Waals surface area contributed by atoms with Crippen molar-refractivity contribution in [1.29, 1.82) is 0 Å². The molecule has 2 aromatic rings. The van der Waals surface area contributed by atoms with E-state index in [4.69, 9.17) is 0 Å². The Labute approximate surface area is 134 Å². The molecule has 2 heteroatoms. The fourth-order valence-corrected chi connectivity index (χ4v) is 3.37. The Morgan fingerprint density at radius 1 is 0.682 bits per heavy atom. The molecule has 0 amide bonds. The maximum Gasteiger partial charge on any atom is 0.0517 e. The number of rotatable bonds is 4. The van der Waals surface area contributed by atoms with Crippen molar-refractivity contribution in [3.8, 4) is 0 Å². The lowest BCUT2D eigenvalue weighted by molar-refractivity contribution is 0.0325. The van der Waals surface area contributed by atoms with Crippen molar-refractivity contribution in [1.82, 2.24) is 9.80 Å². The Bertz CT molecular complexity index is 515. The van der Waals surface area contributed by atoms with E-state index in [0.29, 0.717) is 12.1 Å². The van der Waals surface area contributed by atoms with E-state index in [0.717, 1.165) is 6.67 Å². The standard InChI is InChI=1S/C20H26N2/c1-17(19-10-5-3-6-11-19)21-14-9-15-22(16-21)18(2)20-12-7-4-8-13-20/h3-8,10-13,17-18H,9,14-16H2,1-2H3/t17-,18-/m1/s1. The van der Waals surface area contributed by atoms with Gasteiger partial charge in [0.05, 0.1) is 6.67 Å². The van der Waals surface area contributed by atoms with Gasteiger partial charge in [-0.1, -0.05) is 60.7 Å². The SMILES string of the molecule is C[C@H](c1ccccc1)N1CCCN([C@H](C)c2ccccc2)C1. The summed E-state index contributed by atoms with van der Waals surface area (Å²) in [5.41, 5.74) is 2.83. The van der Waals surface area contributed by atoms with Crippen LogP contribution in [0.25, 0.3) is 0 Å². The maximum atomic E-state index is 2.60. The molecule has 3 rings (SSSR count). The maximum absolute atomic E-state index is 2.60. The highest BCUT2D eigenvalue weighted by Crippen LogP contribution is 2.27. The third kappa shape index (κ3) is 3.40. The first-order valence-corrected chi connectivity index (χ1v) is 8.33. The number of hydrogen-bond donors (Lipinski definition) is 0. The topological polar surface area (TPSA) is 6.48 Å². The lowest BCUT2D eigenvalue weighted by Crippen LogP contribution is -2.46. The van der Waals surface area contributed by atoms with Gasteiger partial charge in [-0.05, 0) is 31.4 Å². The smallest absolute Gasteiger partial charge is 0.0517 e. The van der Waals surface area contributed by atoms with E-state index in [1.165, 1.54) is 30.6 Å². The first-order valence-electron chi connectivity index (χ1n) is 8.33. The zero-order valence-corrected chi connectivity index (χ0v) is 13.7. The van der Waals surface area contributed by atoms with Crippen LogP contribution < -0.4 is 0 Å². The van der Waals surface area contributed by atoms with Gasteiger partial charge in [-0.3, -0.25) is 9.80 Å². The fraction of sp³-hybridized carbons (Fsp3) is 0.400. The van der Waals surface area contributed by atoms with Crippen LogP contribution in [0.2, 0.25) is 0 Å². The van der Waals surface area contributed by atoms with E-state index in [1.807, 2.05) is 0 Å². The predicted octanol–water partition coefficient (Wildman–Crippen LogP) is 4.47. The molecule has 1 saturated heterocycles. The molecule has 116 valence electrons. The summed E-state index contributed by atoms with van der Waals surface area (Å²) in [7, 11) is 0. The lowest BCUT2D eigenvalue weighted by atomic mass is 10.0. The van der Waals surface area contributed by atoms with Gasteiger partial charge in [-0.15, -0.1) is 0 Å². The quantitative estimate of drug-likeness (QED) is 0.820. The van der Waals surface area contributed by atoms with E-state index >= 15 is 0 Å². The minimum atomic E-state index is 0.479. The first kappa shape index (κ1) is 15.3. The van der Waals surface area contributed by atoms with Gasteiger partial charge in [0.2, 0.25) is 0 Å². The van der Waals surface area contributed by atoms with E-state index in [1.54, 1.807) is 0 Å². The summed E-state index contributed by atoms with van der Waals surface area (Å²) in [5.74, 6) is 0. The Morgan fingerprint density at radius 3 is 1.50 bits per heavy atom. The molecule has 0 unspecified atom stereocenters. The Balaban J connectivity index is 1.69. The molecular weight excluding hydrogens is 268 g/mol. The molecule has 0 spiro atoms. The molecule has 2 nitrogen and oxygen atoms in total. The van der Waals surface area contributed by atoms with E-state index < -0.39 is 0 Å². The van der Waals surface area contributed by atoms with Gasteiger partial charge < -0.3 is 0 Å². The molecule has 0 aliphatic carbocycles. The van der Waals surface area contributed by atoms with Crippen molar-refractivity contribution >= 4 is 0 Å². The van der Waals surface area contributed by atoms with Crippen LogP contribution in [0.1, 0.15) is 43.5 Å². The molecule has 22 heavy (non-hydrogen) atoms. The van der Waals surface area contributed by atoms with Crippen molar-refractivity contribution in [2.75, 3.05) is 19.8 Å². The van der Waals surface area contributed by atoms with Crippen molar-refractivity contribution in [3.63, 3.8) is 0 Å². The fourth-order valence-electron chi connectivity index (χ4n) is 3.37. The molecular formula is C20H26N2. The summed E-state index contributed by atoms with van der Waals surface area (Å²) in [4.78, 5) is 5.19. The van der Waals surface area contributed by atoms with Crippen molar-refractivity contribution in [2.24, 2.45) is 0 Å². The van der Waals surface area contributed by atoms with Crippen molar-refractivity contribution < 1.29 is 0 Å². The summed E-state index contributed by atoms with van der Waals surface area (Å²) in [6.07, 6.45) is 1.24. The zero-order valence-electron chi connectivity index (χ0n) is 13.7. The van der Waals surface area contributed by atoms with Gasteiger partial charge in [0, 0.05) is 25.2 Å². The lowest BCUT2D eigenvalue weighted by Gasteiger charge is -2.42. The monoisotopic (exact) mass is 294 g/mol. The molecule has 0 aromatic heterocycles. The third-order valence-corrected chi connectivity index (χ3v) is 4.91. The number of nitrogens with zero attached hydrogens (tertiary/aromatic N) is 2. The molecule has 2 aromatic carbocycles. The van der Waals surface area contributed by atoms with Crippen LogP contribution in [0.15, 0.2) is 60.7 Å². The van der Waals surface area contributed by atoms with Gasteiger partial charge in [0.25, 0.3) is 0 Å². The molecule has 0 radical (unpaired) electrons. The normalized spacial score (nSPS) is 19.7. The summed E-state index contributed by atoms with van der Waals surface area (Å²) in [6.45, 7) is 8.08. The van der Waals surface area contributed by atoms with Crippen LogP contribution in [0.3, 0.4) is 0 Å². The highest BCUT2D eigenvalue weighted by Gasteiger charge is 2.25. The second-order valence-electron chi connectivity index (χ2n) is 6.29. The minimum absolute atomic E-state index is 0.479. The van der Waals surface area contributed by atoms with Crippen LogP contribution >= 0.6 is 0 Å². The second-order valence-corrected chi connectivity index (χ2v) is 6.29. The Morgan fingerprint density at radius 2 is 1.09 bits per heavy atom. The molecule has 0 bridgehead atoms. The van der Waals surface area contributed by atoms with Crippen molar-refractivity contribution in [2.45, 2.75) is 32.4 Å². The number of benzene rings is 2. The minimum Gasteiger partial charge on any atom is -0.284 e. The molecule has 2 atom stereocenters. The van der Waals surface area contributed by atoms with Gasteiger partial charge >= 0.3 is 0 Å². The molecule has 1 heterocycles. The van der Waals surface area contributed by atoms with Crippen LogP contribution in [-0.2, 0) is 0 Å². The Hall–Kier alpha value is -1.64. The summed E-state index contributed by atoms with van der Waals surface area (Å²) < 4.78 is 0. The summed E-state index contributed by atoms with van der Waals surface area (Å²) in [6, 6.07) is 22.7. The van der Waals surface area contributed by atoms with Crippen LogP contribution in [0.5, 0.6) is 0 Å². The molecule has 1 aliphatic rings. The first-order chi connectivity index (χ1) is 10.8. The summed E-state index contributed by atoms with van der Waals surface area (Å²) >= 11 is 0. The van der Waals surface area contributed by atoms with Crippen molar-refractivity contribution in [3.05, 3.63) is 71.8 Å². The molecule has 0 N–H and O–H groups in total. The molecule has 1 fully saturated rings. The highest BCUT2D eigenvalue weighted by atomic mass is 15.3. The van der Waals surface area contributed by atoms with Crippen LogP contribution in [0, 0.1) is 0 Å². The second kappa shape index (κ2) is 7.08. The van der Waals surface area contributed by atoms with E-state index in [9.17, 15) is 0 Å². The van der Waals surface area contributed by atoms with Gasteiger partial charge in [0.15, 0.2) is 0 Å². The van der Waals surface area contributed by atoms with Gasteiger partial charge in [-0.25, -0.2) is 0 Å². The third-order valence-electron chi connectivity index (χ3n) is 4.91. The summed E-state index contributed by atoms with van der Waals surface area (Å²) in [5, 5.41) is 0. The predicted molar refractivity (Wildman–Crippen MR) is 92.6 cm³/mol. The zero-order chi connectivity index (χ0) is 15.4. The van der Waals surface area contributed by atoms with Gasteiger partial charge in [0.1, 0.15) is 0 Å². The van der Waals surface area contributed by atoms with E-state index in [-0.39, 0.29) is 0 Å². The highest BCUT2D eigenvalue weighted by molar-refractivity contribution is 5.20.